The molecule has 0 aromatic heterocycles. The van der Waals surface area contributed by atoms with Crippen molar-refractivity contribution in [1.82, 2.24) is 0 Å². The first-order valence-corrected chi connectivity index (χ1v) is 8.08. The molecule has 1 nitrogen and oxygen atoms in total. The summed E-state index contributed by atoms with van der Waals surface area (Å²) in [6.07, 6.45) is 0. The minimum Gasteiger partial charge on any atom is -0.241 e. The van der Waals surface area contributed by atoms with E-state index >= 15 is 0 Å². The quantitative estimate of drug-likeness (QED) is 0.578. The van der Waals surface area contributed by atoms with Gasteiger partial charge in [-0.3, -0.25) is 0 Å². The molecule has 3 aromatic rings. The zero-order chi connectivity index (χ0) is 14.2. The van der Waals surface area contributed by atoms with Crippen molar-refractivity contribution in [2.75, 3.05) is 0 Å². The number of fused-ring (bicyclic) bond motifs is 2. The van der Waals surface area contributed by atoms with E-state index in [-0.39, 0.29) is 0 Å². The Morgan fingerprint density at radius 3 is 2.38 bits per heavy atom. The summed E-state index contributed by atoms with van der Waals surface area (Å²) in [5, 5.41) is 3.74. The molecule has 0 bridgehead atoms. The van der Waals surface area contributed by atoms with Crippen molar-refractivity contribution >= 4 is 33.3 Å². The molecule has 0 atom stereocenters. The SMILES string of the molecule is Cc1ccc(N=C2SCc3cc4ccccc4cc32)cc1. The second kappa shape index (κ2) is 5.05. The molecule has 4 rings (SSSR count). The van der Waals surface area contributed by atoms with Crippen LogP contribution in [0.3, 0.4) is 0 Å². The minimum atomic E-state index is 1.02. The van der Waals surface area contributed by atoms with Crippen LogP contribution in [0.4, 0.5) is 5.69 Å². The number of rotatable bonds is 1. The van der Waals surface area contributed by atoms with E-state index in [4.69, 9.17) is 4.99 Å². The molecule has 0 unspecified atom stereocenters. The maximum absolute atomic E-state index is 4.83. The molecule has 102 valence electrons. The largest absolute Gasteiger partial charge is 0.241 e. The molecule has 1 aliphatic rings. The van der Waals surface area contributed by atoms with Crippen LogP contribution in [0.1, 0.15) is 16.7 Å². The average molecular weight is 289 g/mol. The molecule has 1 aliphatic heterocycles. The van der Waals surface area contributed by atoms with E-state index < -0.39 is 0 Å². The maximum atomic E-state index is 4.83. The van der Waals surface area contributed by atoms with Gasteiger partial charge in [-0.1, -0.05) is 42.0 Å². The summed E-state index contributed by atoms with van der Waals surface area (Å²) < 4.78 is 0. The monoisotopic (exact) mass is 289 g/mol. The van der Waals surface area contributed by atoms with E-state index in [0.717, 1.165) is 16.5 Å². The molecule has 3 aromatic carbocycles. The number of thioether (sulfide) groups is 1. The lowest BCUT2D eigenvalue weighted by molar-refractivity contribution is 1.43. The highest BCUT2D eigenvalue weighted by Gasteiger charge is 2.19. The van der Waals surface area contributed by atoms with E-state index in [2.05, 4.69) is 67.6 Å². The van der Waals surface area contributed by atoms with Gasteiger partial charge in [-0.05, 0) is 47.5 Å². The van der Waals surface area contributed by atoms with Gasteiger partial charge in [0.05, 0.1) is 5.69 Å². The molecule has 0 saturated heterocycles. The first-order chi connectivity index (χ1) is 10.3. The van der Waals surface area contributed by atoms with E-state index in [1.165, 1.54) is 27.5 Å². The van der Waals surface area contributed by atoms with Crippen LogP contribution in [0.2, 0.25) is 0 Å². The first-order valence-electron chi connectivity index (χ1n) is 7.10. The number of aliphatic imine (C=N–C) groups is 1. The van der Waals surface area contributed by atoms with Crippen molar-refractivity contribution in [3.8, 4) is 0 Å². The highest BCUT2D eigenvalue weighted by atomic mass is 32.2. The Labute approximate surface area is 128 Å². The van der Waals surface area contributed by atoms with Crippen LogP contribution in [-0.4, -0.2) is 5.04 Å². The van der Waals surface area contributed by atoms with Gasteiger partial charge in [-0.15, -0.1) is 11.8 Å². The summed E-state index contributed by atoms with van der Waals surface area (Å²) in [6.45, 7) is 2.10. The number of hydrogen-bond acceptors (Lipinski definition) is 2. The van der Waals surface area contributed by atoms with Crippen LogP contribution >= 0.6 is 11.8 Å². The van der Waals surface area contributed by atoms with Crippen molar-refractivity contribution in [2.45, 2.75) is 12.7 Å². The molecule has 21 heavy (non-hydrogen) atoms. The van der Waals surface area contributed by atoms with Gasteiger partial charge in [-0.2, -0.15) is 0 Å². The molecule has 0 saturated carbocycles. The predicted molar refractivity (Wildman–Crippen MR) is 92.6 cm³/mol. The predicted octanol–water partition coefficient (Wildman–Crippen LogP) is 5.47. The Hall–Kier alpha value is -2.06. The lowest BCUT2D eigenvalue weighted by Crippen LogP contribution is -1.91. The summed E-state index contributed by atoms with van der Waals surface area (Å²) in [7, 11) is 0. The summed E-state index contributed by atoms with van der Waals surface area (Å²) >= 11 is 1.83. The van der Waals surface area contributed by atoms with Crippen LogP contribution in [0.25, 0.3) is 10.8 Å². The van der Waals surface area contributed by atoms with Crippen LogP contribution < -0.4 is 0 Å². The Kier molecular flexibility index (Phi) is 3.04. The van der Waals surface area contributed by atoms with E-state index in [0.29, 0.717) is 0 Å². The number of nitrogens with zero attached hydrogens (tertiary/aromatic N) is 1. The Balaban J connectivity index is 1.81. The normalized spacial score (nSPS) is 15.6. The molecule has 0 spiro atoms. The molecular weight excluding hydrogens is 274 g/mol. The summed E-state index contributed by atoms with van der Waals surface area (Å²) in [5.74, 6) is 1.02. The summed E-state index contributed by atoms with van der Waals surface area (Å²) in [4.78, 5) is 4.83. The molecule has 2 heteroatoms. The van der Waals surface area contributed by atoms with Gasteiger partial charge in [0.15, 0.2) is 0 Å². The van der Waals surface area contributed by atoms with E-state index in [1.807, 2.05) is 11.8 Å². The topological polar surface area (TPSA) is 12.4 Å². The van der Waals surface area contributed by atoms with Crippen molar-refractivity contribution in [2.24, 2.45) is 4.99 Å². The van der Waals surface area contributed by atoms with Gasteiger partial charge in [0.25, 0.3) is 0 Å². The van der Waals surface area contributed by atoms with Gasteiger partial charge in [-0.25, -0.2) is 4.99 Å². The fourth-order valence-corrected chi connectivity index (χ4v) is 3.71. The minimum absolute atomic E-state index is 1.02. The van der Waals surface area contributed by atoms with Gasteiger partial charge >= 0.3 is 0 Å². The molecular formula is C19H15NS. The summed E-state index contributed by atoms with van der Waals surface area (Å²) in [5.41, 5.74) is 4.98. The Morgan fingerprint density at radius 1 is 0.905 bits per heavy atom. The molecule has 0 radical (unpaired) electrons. The fraction of sp³-hybridized carbons (Fsp3) is 0.105. The average Bonchev–Trinajstić information content (AvgIpc) is 2.89. The second-order valence-electron chi connectivity index (χ2n) is 5.40. The highest BCUT2D eigenvalue weighted by molar-refractivity contribution is 8.14. The molecule has 1 heterocycles. The van der Waals surface area contributed by atoms with E-state index in [1.54, 1.807) is 0 Å². The van der Waals surface area contributed by atoms with E-state index in [9.17, 15) is 0 Å². The molecule has 0 N–H and O–H groups in total. The Bertz CT molecular complexity index is 847. The van der Waals surface area contributed by atoms with Gasteiger partial charge in [0.2, 0.25) is 0 Å². The van der Waals surface area contributed by atoms with Crippen LogP contribution in [0, 0.1) is 6.92 Å². The van der Waals surface area contributed by atoms with Gasteiger partial charge in [0, 0.05) is 11.3 Å². The summed E-state index contributed by atoms with van der Waals surface area (Å²) in [6, 6.07) is 21.5. The van der Waals surface area contributed by atoms with Crippen LogP contribution in [0.15, 0.2) is 65.7 Å². The van der Waals surface area contributed by atoms with Crippen molar-refractivity contribution < 1.29 is 0 Å². The van der Waals surface area contributed by atoms with Gasteiger partial charge in [0.1, 0.15) is 5.04 Å². The third-order valence-electron chi connectivity index (χ3n) is 3.83. The van der Waals surface area contributed by atoms with Gasteiger partial charge < -0.3 is 0 Å². The highest BCUT2D eigenvalue weighted by Crippen LogP contribution is 2.35. The number of benzene rings is 3. The van der Waals surface area contributed by atoms with Crippen LogP contribution in [-0.2, 0) is 5.75 Å². The standard InChI is InChI=1S/C19H15NS/c1-13-6-8-17(9-7-13)20-19-18-11-15-5-3-2-4-14(15)10-16(18)12-21-19/h2-11H,12H2,1H3. The molecule has 0 aliphatic carbocycles. The number of aryl methyl sites for hydroxylation is 1. The lowest BCUT2D eigenvalue weighted by Gasteiger charge is -2.03. The Morgan fingerprint density at radius 2 is 1.62 bits per heavy atom. The molecule has 0 fully saturated rings. The third kappa shape index (κ3) is 2.36. The maximum Gasteiger partial charge on any atom is 0.105 e. The molecule has 0 amide bonds. The fourth-order valence-electron chi connectivity index (χ4n) is 2.66. The van der Waals surface area contributed by atoms with Crippen molar-refractivity contribution in [3.05, 3.63) is 77.4 Å². The van der Waals surface area contributed by atoms with Crippen molar-refractivity contribution in [3.63, 3.8) is 0 Å². The first kappa shape index (κ1) is 12.7. The second-order valence-corrected chi connectivity index (χ2v) is 6.36. The van der Waals surface area contributed by atoms with Crippen molar-refractivity contribution in [1.29, 1.82) is 0 Å². The zero-order valence-electron chi connectivity index (χ0n) is 11.8. The third-order valence-corrected chi connectivity index (χ3v) is 4.87. The smallest absolute Gasteiger partial charge is 0.105 e. The van der Waals surface area contributed by atoms with Crippen LogP contribution in [0.5, 0.6) is 0 Å². The number of hydrogen-bond donors (Lipinski definition) is 0. The lowest BCUT2D eigenvalue weighted by atomic mass is 10.0. The zero-order valence-corrected chi connectivity index (χ0v) is 12.7.